The van der Waals surface area contributed by atoms with E-state index in [9.17, 15) is 60.3 Å². The number of hydrogen-bond donors (Lipinski definition) is 10. The van der Waals surface area contributed by atoms with Crippen molar-refractivity contribution in [2.24, 2.45) is 16.8 Å². The van der Waals surface area contributed by atoms with Gasteiger partial charge in [-0.3, -0.25) is 4.79 Å². The van der Waals surface area contributed by atoms with Crippen LogP contribution in [0.3, 0.4) is 0 Å². The lowest BCUT2D eigenvalue weighted by Gasteiger charge is -2.46. The Morgan fingerprint density at radius 1 is 0.675 bits per heavy atom. The molecule has 20 nitrogen and oxygen atoms in total. The molecule has 2 aromatic rings. The van der Waals surface area contributed by atoms with Gasteiger partial charge < -0.3 is 79.7 Å². The van der Waals surface area contributed by atoms with Crippen molar-refractivity contribution in [3.63, 3.8) is 0 Å². The number of alkyl carbamates (subject to hydrolysis) is 1. The van der Waals surface area contributed by atoms with Gasteiger partial charge in [0.05, 0.1) is 73.5 Å². The average molecular weight is 1160 g/mol. The van der Waals surface area contributed by atoms with Crippen LogP contribution in [0.25, 0.3) is 11.1 Å². The fourth-order valence-electron chi connectivity index (χ4n) is 11.0. The van der Waals surface area contributed by atoms with E-state index in [1.54, 1.807) is 68.5 Å². The number of esters is 1. The molecule has 3 aliphatic heterocycles. The number of allylic oxidation sites excluding steroid dienone is 12. The predicted octanol–water partition coefficient (Wildman–Crippen LogP) is 4.95. The molecule has 1 amide bonds. The molecule has 2 saturated heterocycles. The molecule has 0 aromatic heterocycles. The summed E-state index contributed by atoms with van der Waals surface area (Å²) < 4.78 is 36.1. The van der Waals surface area contributed by atoms with Gasteiger partial charge in [0.15, 0.2) is 12.1 Å². The number of ether oxygens (including phenoxy) is 6. The van der Waals surface area contributed by atoms with Gasteiger partial charge in [-0.2, -0.15) is 4.99 Å². The third-order valence-electron chi connectivity index (χ3n) is 15.8. The number of benzene rings is 2. The van der Waals surface area contributed by atoms with E-state index in [-0.39, 0.29) is 57.0 Å². The number of carbonyl (C=O) groups is 2. The summed E-state index contributed by atoms with van der Waals surface area (Å²) in [4.78, 5) is 42.0. The number of cyclic esters (lactones) is 1. The number of carbonyl (C=O) groups excluding carboxylic acids is 3. The summed E-state index contributed by atoms with van der Waals surface area (Å²) in [5.74, 6) is -3.51. The van der Waals surface area contributed by atoms with Gasteiger partial charge in [-0.15, -0.1) is 0 Å². The molecule has 5 unspecified atom stereocenters. The molecule has 3 heterocycles. The number of hydrogen-bond acceptors (Lipinski definition) is 19. The average Bonchev–Trinajstić information content (AvgIpc) is 2.72. The van der Waals surface area contributed by atoms with Gasteiger partial charge in [0, 0.05) is 50.5 Å². The Labute approximate surface area is 485 Å². The SMILES string of the molecule is CO[C@]12C[C@@H](O)C[C@@H](O)[C@H](O)CC[C@@H](O)C[C@@H](O)CC(=O)O[C@@H](C)[C@H](C)[C@H](O)[C@@H](C)/C=C/C=C/C=C/C=C/C=C/C=C/C=C/[C@H](OC3OC(C)C(O)C(NC(=O)OCC4c5ccccc5-c5ccccc54)C3O)C[C@H](O1)[C@H](N=C=O)[C@@H](O)C2. The van der Waals surface area contributed by atoms with E-state index in [1.165, 1.54) is 20.1 Å². The number of nitrogens with one attached hydrogen (secondary N) is 1. The number of nitrogens with zero attached hydrogens (tertiary/aromatic N) is 1. The first-order valence-corrected chi connectivity index (χ1v) is 28.5. The zero-order valence-electron chi connectivity index (χ0n) is 47.7. The fraction of sp³-hybridized carbons (Fsp3) is 0.540. The first-order chi connectivity index (χ1) is 39.7. The van der Waals surface area contributed by atoms with Crippen molar-refractivity contribution >= 4 is 18.1 Å². The van der Waals surface area contributed by atoms with E-state index in [0.29, 0.717) is 0 Å². The normalized spacial score (nSPS) is 38.5. The Hall–Kier alpha value is -5.78. The minimum absolute atomic E-state index is 0.0321. The smallest absolute Gasteiger partial charge is 0.407 e. The minimum atomic E-state index is -1.77. The molecule has 0 spiro atoms. The molecule has 0 saturated carbocycles. The van der Waals surface area contributed by atoms with Crippen LogP contribution in [0, 0.1) is 11.8 Å². The molecule has 10 N–H and O–H groups in total. The summed E-state index contributed by atoms with van der Waals surface area (Å²) in [6.45, 7) is 6.75. The van der Waals surface area contributed by atoms with Crippen LogP contribution in [0.5, 0.6) is 0 Å². The second kappa shape index (κ2) is 32.5. The highest BCUT2D eigenvalue weighted by Gasteiger charge is 2.50. The van der Waals surface area contributed by atoms with Gasteiger partial charge in [0.1, 0.15) is 31.0 Å². The third kappa shape index (κ3) is 19.1. The topological polar surface area (TPSA) is 313 Å². The zero-order chi connectivity index (χ0) is 60.2. The van der Waals surface area contributed by atoms with Crippen LogP contribution < -0.4 is 5.32 Å². The summed E-state index contributed by atoms with van der Waals surface area (Å²) in [6.07, 6.45) is 5.31. The molecule has 6 rings (SSSR count). The highest BCUT2D eigenvalue weighted by molar-refractivity contribution is 5.79. The van der Waals surface area contributed by atoms with E-state index in [0.717, 1.165) is 22.3 Å². The van der Waals surface area contributed by atoms with Crippen molar-refractivity contribution in [2.45, 2.75) is 188 Å². The summed E-state index contributed by atoms with van der Waals surface area (Å²) in [5, 5.41) is 103. The van der Waals surface area contributed by atoms with Crippen LogP contribution in [0.15, 0.2) is 139 Å². The Balaban J connectivity index is 1.21. The largest absolute Gasteiger partial charge is 0.462 e. The molecular weight excluding hydrogens is 1070 g/mol. The van der Waals surface area contributed by atoms with Crippen LogP contribution in [0.2, 0.25) is 0 Å². The molecule has 0 radical (unpaired) electrons. The number of methoxy groups -OCH3 is 1. The van der Waals surface area contributed by atoms with Gasteiger partial charge in [-0.25, -0.2) is 9.59 Å². The summed E-state index contributed by atoms with van der Waals surface area (Å²) in [6, 6.07) is 13.1. The van der Waals surface area contributed by atoms with E-state index >= 15 is 0 Å². The van der Waals surface area contributed by atoms with E-state index in [2.05, 4.69) is 10.3 Å². The monoisotopic (exact) mass is 1160 g/mol. The summed E-state index contributed by atoms with van der Waals surface area (Å²) in [7, 11) is 1.28. The van der Waals surface area contributed by atoms with E-state index in [4.69, 9.17) is 28.4 Å². The lowest BCUT2D eigenvalue weighted by Crippen LogP contribution is -2.64. The maximum absolute atomic E-state index is 13.5. The minimum Gasteiger partial charge on any atom is -0.462 e. The van der Waals surface area contributed by atoms with Crippen molar-refractivity contribution in [1.82, 2.24) is 5.32 Å². The zero-order valence-corrected chi connectivity index (χ0v) is 47.7. The second-order valence-corrected chi connectivity index (χ2v) is 22.0. The highest BCUT2D eigenvalue weighted by Crippen LogP contribution is 2.45. The summed E-state index contributed by atoms with van der Waals surface area (Å²) in [5.41, 5.74) is 4.05. The molecule has 2 bridgehead atoms. The Morgan fingerprint density at radius 2 is 1.27 bits per heavy atom. The van der Waals surface area contributed by atoms with Crippen LogP contribution in [-0.4, -0.2) is 181 Å². The first-order valence-electron chi connectivity index (χ1n) is 28.5. The van der Waals surface area contributed by atoms with Crippen molar-refractivity contribution in [1.29, 1.82) is 0 Å². The van der Waals surface area contributed by atoms with Crippen molar-refractivity contribution in [3.8, 4) is 11.1 Å². The molecule has 4 aliphatic rings. The van der Waals surface area contributed by atoms with E-state index < -0.39 is 134 Å². The van der Waals surface area contributed by atoms with Crippen LogP contribution in [0.4, 0.5) is 4.79 Å². The highest BCUT2D eigenvalue weighted by atomic mass is 16.7. The number of aliphatic hydroxyl groups excluding tert-OH is 9. The number of fused-ring (bicyclic) bond motifs is 5. The molecule has 83 heavy (non-hydrogen) atoms. The molecule has 454 valence electrons. The quantitative estimate of drug-likeness (QED) is 0.0996. The van der Waals surface area contributed by atoms with Gasteiger partial charge in [0.25, 0.3) is 0 Å². The molecule has 1 aliphatic carbocycles. The van der Waals surface area contributed by atoms with Crippen LogP contribution in [0.1, 0.15) is 96.1 Å². The lowest BCUT2D eigenvalue weighted by molar-refractivity contribution is -0.310. The van der Waals surface area contributed by atoms with Crippen LogP contribution >= 0.6 is 0 Å². The predicted molar refractivity (Wildman–Crippen MR) is 307 cm³/mol. The Morgan fingerprint density at radius 3 is 1.87 bits per heavy atom. The number of aliphatic imine (C=N–C) groups is 1. The van der Waals surface area contributed by atoms with Gasteiger partial charge >= 0.3 is 12.1 Å². The number of isocyanates is 1. The van der Waals surface area contributed by atoms with E-state index in [1.807, 2.05) is 85.8 Å². The number of rotatable bonds is 7. The molecular formula is C63H84N2O18. The maximum Gasteiger partial charge on any atom is 0.407 e. The van der Waals surface area contributed by atoms with Crippen molar-refractivity contribution in [3.05, 3.63) is 145 Å². The summed E-state index contributed by atoms with van der Waals surface area (Å²) >= 11 is 0. The number of aliphatic hydroxyl groups is 9. The lowest BCUT2D eigenvalue weighted by atomic mass is 9.87. The van der Waals surface area contributed by atoms with Crippen LogP contribution in [-0.2, 0) is 38.0 Å². The van der Waals surface area contributed by atoms with Gasteiger partial charge in [0.2, 0.25) is 6.08 Å². The van der Waals surface area contributed by atoms with Crippen molar-refractivity contribution in [2.75, 3.05) is 13.7 Å². The molecule has 2 fully saturated rings. The Kier molecular flexibility index (Phi) is 26.0. The fourth-order valence-corrected chi connectivity index (χ4v) is 11.0. The Bertz CT molecular complexity index is 2600. The number of amides is 1. The van der Waals surface area contributed by atoms with Gasteiger partial charge in [-0.1, -0.05) is 147 Å². The standard InChI is InChI=1S/C63H84N2O18/c1-38-22-16-14-12-10-8-6-7-9-11-13-15-17-23-45(82-61-60(76)57(59(75)41(4)81-61)65-62(77)79-36-50-48-26-20-18-24-46(48)47-25-19-21-27-49(47)50)33-54-56(64-37-66)53(72)35-63(78-5,83-54)34-44(69)31-52(71)51(70)29-28-42(67)30-43(68)32-55(73)80-40(3)39(2)58(38)74/h6-27,38-45,50-54,56-61,67-72,74-76H,28-36H2,1-5H3,(H,65,77)/b7-6+,10-8+,11-9+,14-12+,15-13+,22-16+,23-17+/t38-,39-,40-,41?,42+,43+,44-,45-,51+,52+,53-,54-,56+,57?,58+,59?,60?,61?,63+/m0/s1. The van der Waals surface area contributed by atoms with Gasteiger partial charge in [-0.05, 0) is 55.4 Å². The molecule has 2 aromatic carbocycles. The molecule has 20 heteroatoms. The second-order valence-electron chi connectivity index (χ2n) is 22.0. The molecule has 19 atom stereocenters. The maximum atomic E-state index is 13.5. The first kappa shape index (κ1) is 66.4. The third-order valence-corrected chi connectivity index (χ3v) is 15.8. The van der Waals surface area contributed by atoms with Crippen molar-refractivity contribution < 1.29 is 88.8 Å².